The number of nitrogens with zero attached hydrogens (tertiary/aromatic N) is 3. The van der Waals surface area contributed by atoms with Gasteiger partial charge in [-0.15, -0.1) is 11.3 Å². The third-order valence-electron chi connectivity index (χ3n) is 5.34. The van der Waals surface area contributed by atoms with Crippen molar-refractivity contribution in [3.8, 4) is 5.75 Å². The van der Waals surface area contributed by atoms with Crippen LogP contribution in [0.4, 0.5) is 5.82 Å². The molecule has 0 atom stereocenters. The van der Waals surface area contributed by atoms with Gasteiger partial charge in [-0.3, -0.25) is 0 Å². The highest BCUT2D eigenvalue weighted by atomic mass is 32.1. The number of piperidine rings is 1. The number of aromatic nitrogens is 2. The molecule has 26 heavy (non-hydrogen) atoms. The maximum absolute atomic E-state index is 10.0. The monoisotopic (exact) mass is 369 g/mol. The second kappa shape index (κ2) is 7.60. The number of hydrogen-bond donors (Lipinski definition) is 1. The van der Waals surface area contributed by atoms with Crippen LogP contribution in [0.2, 0.25) is 0 Å². The SMILES string of the molecule is OCC1(CCOc2ccccc2)CCN(c2ncnc3sccc23)CC1. The van der Waals surface area contributed by atoms with E-state index in [-0.39, 0.29) is 12.0 Å². The highest BCUT2D eigenvalue weighted by Crippen LogP contribution is 2.37. The Morgan fingerprint density at radius 3 is 2.69 bits per heavy atom. The summed E-state index contributed by atoms with van der Waals surface area (Å²) in [5.74, 6) is 1.90. The van der Waals surface area contributed by atoms with Gasteiger partial charge in [0.1, 0.15) is 22.7 Å². The molecule has 1 aliphatic rings. The second-order valence-corrected chi connectivity index (χ2v) is 7.79. The number of hydrogen-bond acceptors (Lipinski definition) is 6. The van der Waals surface area contributed by atoms with Gasteiger partial charge in [0.05, 0.1) is 12.0 Å². The summed E-state index contributed by atoms with van der Waals surface area (Å²) in [5.41, 5.74) is -0.0634. The number of ether oxygens (including phenoxy) is 1. The predicted molar refractivity (Wildman–Crippen MR) is 105 cm³/mol. The number of aliphatic hydroxyl groups excluding tert-OH is 1. The van der Waals surface area contributed by atoms with E-state index in [1.165, 1.54) is 0 Å². The van der Waals surface area contributed by atoms with Crippen LogP contribution in [0.15, 0.2) is 48.1 Å². The molecule has 2 aromatic heterocycles. The van der Waals surface area contributed by atoms with Crippen molar-refractivity contribution in [2.24, 2.45) is 5.41 Å². The number of anilines is 1. The third kappa shape index (κ3) is 3.52. The van der Waals surface area contributed by atoms with Gasteiger partial charge in [0.15, 0.2) is 0 Å². The van der Waals surface area contributed by atoms with E-state index in [9.17, 15) is 5.11 Å². The smallest absolute Gasteiger partial charge is 0.140 e. The van der Waals surface area contributed by atoms with Gasteiger partial charge in [-0.2, -0.15) is 0 Å². The first-order chi connectivity index (χ1) is 12.8. The van der Waals surface area contributed by atoms with Gasteiger partial charge in [0, 0.05) is 25.1 Å². The molecule has 3 aromatic rings. The fourth-order valence-electron chi connectivity index (χ4n) is 3.61. The lowest BCUT2D eigenvalue weighted by Gasteiger charge is -2.41. The lowest BCUT2D eigenvalue weighted by Crippen LogP contribution is -2.43. The Morgan fingerprint density at radius 1 is 1.12 bits per heavy atom. The molecule has 0 amide bonds. The molecule has 0 aliphatic carbocycles. The van der Waals surface area contributed by atoms with Gasteiger partial charge in [0.2, 0.25) is 0 Å². The van der Waals surface area contributed by atoms with Crippen LogP contribution in [0.5, 0.6) is 5.75 Å². The van der Waals surface area contributed by atoms with Gasteiger partial charge in [-0.1, -0.05) is 18.2 Å². The summed E-state index contributed by atoms with van der Waals surface area (Å²) in [5, 5.41) is 13.2. The zero-order chi connectivity index (χ0) is 17.8. The van der Waals surface area contributed by atoms with Gasteiger partial charge >= 0.3 is 0 Å². The Balaban J connectivity index is 1.38. The Morgan fingerprint density at radius 2 is 1.92 bits per heavy atom. The van der Waals surface area contributed by atoms with Crippen LogP contribution >= 0.6 is 11.3 Å². The van der Waals surface area contributed by atoms with Crippen molar-refractivity contribution in [2.75, 3.05) is 31.2 Å². The molecule has 0 radical (unpaired) electrons. The molecular formula is C20H23N3O2S. The first kappa shape index (κ1) is 17.2. The highest BCUT2D eigenvalue weighted by Gasteiger charge is 2.34. The van der Waals surface area contributed by atoms with Crippen molar-refractivity contribution in [1.29, 1.82) is 0 Å². The molecule has 1 fully saturated rings. The normalized spacial score (nSPS) is 16.7. The molecule has 1 aromatic carbocycles. The maximum atomic E-state index is 10.0. The molecule has 0 bridgehead atoms. The van der Waals surface area contributed by atoms with Crippen LogP contribution in [0, 0.1) is 5.41 Å². The van der Waals surface area contributed by atoms with Crippen molar-refractivity contribution < 1.29 is 9.84 Å². The second-order valence-electron chi connectivity index (χ2n) is 6.89. The molecule has 0 saturated carbocycles. The molecule has 0 unspecified atom stereocenters. The number of rotatable bonds is 6. The van der Waals surface area contributed by atoms with E-state index in [1.807, 2.05) is 30.3 Å². The summed E-state index contributed by atoms with van der Waals surface area (Å²) in [7, 11) is 0. The number of fused-ring (bicyclic) bond motifs is 1. The fraction of sp³-hybridized carbons (Fsp3) is 0.400. The van der Waals surface area contributed by atoms with E-state index in [2.05, 4.69) is 26.3 Å². The Kier molecular flexibility index (Phi) is 5.04. The molecular weight excluding hydrogens is 346 g/mol. The number of thiophene rings is 1. The quantitative estimate of drug-likeness (QED) is 0.717. The largest absolute Gasteiger partial charge is 0.494 e. The Bertz CT molecular complexity index is 844. The third-order valence-corrected chi connectivity index (χ3v) is 6.16. The Hall–Kier alpha value is -2.18. The topological polar surface area (TPSA) is 58.5 Å². The average Bonchev–Trinajstić information content (AvgIpc) is 3.18. The highest BCUT2D eigenvalue weighted by molar-refractivity contribution is 7.16. The lowest BCUT2D eigenvalue weighted by atomic mass is 9.76. The molecule has 3 heterocycles. The predicted octanol–water partition coefficient (Wildman–Crippen LogP) is 3.74. The van der Waals surface area contributed by atoms with E-state index in [1.54, 1.807) is 17.7 Å². The minimum atomic E-state index is -0.0634. The Labute approximate surface area is 157 Å². The van der Waals surface area contributed by atoms with Gasteiger partial charge in [-0.05, 0) is 42.8 Å². The lowest BCUT2D eigenvalue weighted by molar-refractivity contribution is 0.0708. The van der Waals surface area contributed by atoms with E-state index in [0.29, 0.717) is 6.61 Å². The zero-order valence-electron chi connectivity index (χ0n) is 14.7. The molecule has 1 aliphatic heterocycles. The first-order valence-electron chi connectivity index (χ1n) is 9.02. The summed E-state index contributed by atoms with van der Waals surface area (Å²) in [4.78, 5) is 12.2. The summed E-state index contributed by atoms with van der Waals surface area (Å²) in [6, 6.07) is 12.0. The molecule has 1 saturated heterocycles. The van der Waals surface area contributed by atoms with Gasteiger partial charge < -0.3 is 14.7 Å². The van der Waals surface area contributed by atoms with Crippen LogP contribution in [0.1, 0.15) is 19.3 Å². The van der Waals surface area contributed by atoms with Gasteiger partial charge in [0.25, 0.3) is 0 Å². The number of aliphatic hydroxyl groups is 1. The molecule has 4 rings (SSSR count). The van der Waals surface area contributed by atoms with Gasteiger partial charge in [-0.25, -0.2) is 9.97 Å². The molecule has 1 N–H and O–H groups in total. The maximum Gasteiger partial charge on any atom is 0.140 e. The number of benzene rings is 1. The van der Waals surface area contributed by atoms with Crippen LogP contribution < -0.4 is 9.64 Å². The van der Waals surface area contributed by atoms with Crippen LogP contribution in [0.3, 0.4) is 0 Å². The standard InChI is InChI=1S/C20H23N3O2S/c24-14-20(9-12-25-16-4-2-1-3-5-16)7-10-23(11-8-20)18-17-6-13-26-19(17)22-15-21-18/h1-6,13,15,24H,7-12,14H2. The minimum Gasteiger partial charge on any atom is -0.494 e. The van der Waals surface area contributed by atoms with Crippen molar-refractivity contribution in [3.63, 3.8) is 0 Å². The summed E-state index contributed by atoms with van der Waals surface area (Å²) in [6.07, 6.45) is 4.40. The van der Waals surface area contributed by atoms with Crippen molar-refractivity contribution in [2.45, 2.75) is 19.3 Å². The van der Waals surface area contributed by atoms with Crippen molar-refractivity contribution in [1.82, 2.24) is 9.97 Å². The van der Waals surface area contributed by atoms with Crippen LogP contribution in [0.25, 0.3) is 10.2 Å². The molecule has 5 nitrogen and oxygen atoms in total. The van der Waals surface area contributed by atoms with E-state index in [4.69, 9.17) is 4.74 Å². The average molecular weight is 369 g/mol. The summed E-state index contributed by atoms with van der Waals surface area (Å²) >= 11 is 1.64. The van der Waals surface area contributed by atoms with E-state index < -0.39 is 0 Å². The van der Waals surface area contributed by atoms with Crippen molar-refractivity contribution >= 4 is 27.4 Å². The minimum absolute atomic E-state index is 0.0634. The van der Waals surface area contributed by atoms with Crippen LogP contribution in [-0.2, 0) is 0 Å². The van der Waals surface area contributed by atoms with Crippen LogP contribution in [-0.4, -0.2) is 41.4 Å². The molecule has 136 valence electrons. The summed E-state index contributed by atoms with van der Waals surface area (Å²) in [6.45, 7) is 2.63. The number of para-hydroxylation sites is 1. The van der Waals surface area contributed by atoms with E-state index >= 15 is 0 Å². The first-order valence-corrected chi connectivity index (χ1v) is 9.90. The molecule has 6 heteroatoms. The van der Waals surface area contributed by atoms with E-state index in [0.717, 1.165) is 54.1 Å². The summed E-state index contributed by atoms with van der Waals surface area (Å²) < 4.78 is 5.85. The fourth-order valence-corrected chi connectivity index (χ4v) is 4.34. The van der Waals surface area contributed by atoms with Crippen molar-refractivity contribution in [3.05, 3.63) is 48.1 Å². The zero-order valence-corrected chi connectivity index (χ0v) is 15.5. The molecule has 0 spiro atoms.